The summed E-state index contributed by atoms with van der Waals surface area (Å²) in [6.07, 6.45) is 3.58. The quantitative estimate of drug-likeness (QED) is 0.426. The van der Waals surface area contributed by atoms with Crippen molar-refractivity contribution in [2.45, 2.75) is 36.1 Å². The van der Waals surface area contributed by atoms with Gasteiger partial charge in [0.05, 0.1) is 16.9 Å². The van der Waals surface area contributed by atoms with Crippen LogP contribution in [0.25, 0.3) is 0 Å². The van der Waals surface area contributed by atoms with E-state index in [4.69, 9.17) is 0 Å². The molecule has 1 aliphatic heterocycles. The van der Waals surface area contributed by atoms with Gasteiger partial charge in [-0.1, -0.05) is 30.0 Å². The zero-order valence-corrected chi connectivity index (χ0v) is 18.9. The summed E-state index contributed by atoms with van der Waals surface area (Å²) in [6, 6.07) is 20.1. The van der Waals surface area contributed by atoms with Crippen molar-refractivity contribution in [3.63, 3.8) is 0 Å². The Balaban J connectivity index is 1.33. The summed E-state index contributed by atoms with van der Waals surface area (Å²) in [5, 5.41) is 6.40. The topological polar surface area (TPSA) is 57.3 Å². The number of hydrogen-bond donors (Lipinski definition) is 2. The molecule has 172 valence electrons. The van der Waals surface area contributed by atoms with Crippen LogP contribution in [0, 0.1) is 0 Å². The Morgan fingerprint density at radius 1 is 1.03 bits per heavy atom. The van der Waals surface area contributed by atoms with Gasteiger partial charge in [0.1, 0.15) is 0 Å². The fourth-order valence-electron chi connectivity index (χ4n) is 3.88. The molecule has 0 radical (unpaired) electrons. The van der Waals surface area contributed by atoms with Crippen LogP contribution in [-0.2, 0) is 6.54 Å². The number of carbonyl (C=O) groups is 1. The van der Waals surface area contributed by atoms with E-state index in [1.807, 2.05) is 42.6 Å². The maximum absolute atomic E-state index is 13.0. The molecule has 5 nitrogen and oxygen atoms in total. The Hall–Kier alpha value is -2.97. The number of carbonyl (C=O) groups excluding carboxylic acids is 1. The lowest BCUT2D eigenvalue weighted by atomic mass is 10.0. The van der Waals surface area contributed by atoms with Crippen LogP contribution < -0.4 is 10.6 Å². The molecule has 0 saturated carbocycles. The number of alkyl halides is 2. The number of nitrogens with one attached hydrogen (secondary N) is 2. The van der Waals surface area contributed by atoms with Gasteiger partial charge in [0.2, 0.25) is 0 Å². The number of hydrogen-bond acceptors (Lipinski definition) is 5. The third kappa shape index (κ3) is 6.76. The van der Waals surface area contributed by atoms with Crippen molar-refractivity contribution in [1.82, 2.24) is 15.2 Å². The van der Waals surface area contributed by atoms with Gasteiger partial charge in [-0.3, -0.25) is 14.7 Å². The molecule has 2 aromatic carbocycles. The van der Waals surface area contributed by atoms with E-state index in [1.54, 1.807) is 30.3 Å². The molecule has 0 unspecified atom stereocenters. The highest BCUT2D eigenvalue weighted by atomic mass is 32.2. The molecular formula is C25H26F2N4OS. The van der Waals surface area contributed by atoms with Gasteiger partial charge in [0.25, 0.3) is 11.7 Å². The summed E-state index contributed by atoms with van der Waals surface area (Å²) < 4.78 is 25.0. The van der Waals surface area contributed by atoms with E-state index in [-0.39, 0.29) is 11.9 Å². The molecule has 1 saturated heterocycles. The first-order valence-corrected chi connectivity index (χ1v) is 11.8. The summed E-state index contributed by atoms with van der Waals surface area (Å²) in [5.74, 6) is -2.57. The zero-order valence-electron chi connectivity index (χ0n) is 18.1. The van der Waals surface area contributed by atoms with Gasteiger partial charge in [0.15, 0.2) is 0 Å². The van der Waals surface area contributed by atoms with Crippen LogP contribution >= 0.6 is 11.8 Å². The number of para-hydroxylation sites is 1. The van der Waals surface area contributed by atoms with Crippen molar-refractivity contribution in [3.8, 4) is 0 Å². The predicted octanol–water partition coefficient (Wildman–Crippen LogP) is 5.53. The number of halogens is 2. The SMILES string of the molecule is O=C(NC1CCN(Cc2ccccn2)CC1)c1ccccc1Nc1ccc(SC(F)F)cc1. The molecule has 33 heavy (non-hydrogen) atoms. The number of nitrogens with zero attached hydrogens (tertiary/aromatic N) is 2. The van der Waals surface area contributed by atoms with Crippen LogP contribution in [0.1, 0.15) is 28.9 Å². The number of aromatic nitrogens is 1. The fraction of sp³-hybridized carbons (Fsp3) is 0.280. The number of thioether (sulfide) groups is 1. The van der Waals surface area contributed by atoms with Crippen LogP contribution in [0.15, 0.2) is 77.8 Å². The zero-order chi connectivity index (χ0) is 23.0. The van der Waals surface area contributed by atoms with Crippen LogP contribution in [0.2, 0.25) is 0 Å². The van der Waals surface area contributed by atoms with E-state index >= 15 is 0 Å². The second-order valence-corrected chi connectivity index (χ2v) is 8.98. The van der Waals surface area contributed by atoms with Gasteiger partial charge in [-0.05, 0) is 61.4 Å². The van der Waals surface area contributed by atoms with Gasteiger partial charge in [-0.15, -0.1) is 0 Å². The highest BCUT2D eigenvalue weighted by Crippen LogP contribution is 2.28. The smallest absolute Gasteiger partial charge is 0.288 e. The number of rotatable bonds is 8. The number of benzene rings is 2. The van der Waals surface area contributed by atoms with Crippen molar-refractivity contribution in [2.75, 3.05) is 18.4 Å². The summed E-state index contributed by atoms with van der Waals surface area (Å²) in [4.78, 5) is 20.3. The monoisotopic (exact) mass is 468 g/mol. The van der Waals surface area contributed by atoms with Crippen molar-refractivity contribution >= 4 is 29.0 Å². The molecular weight excluding hydrogens is 442 g/mol. The normalized spacial score (nSPS) is 14.9. The van der Waals surface area contributed by atoms with E-state index < -0.39 is 5.76 Å². The van der Waals surface area contributed by atoms with Crippen molar-refractivity contribution < 1.29 is 13.6 Å². The van der Waals surface area contributed by atoms with Crippen LogP contribution in [0.3, 0.4) is 0 Å². The molecule has 1 aliphatic rings. The second kappa shape index (κ2) is 11.2. The summed E-state index contributed by atoms with van der Waals surface area (Å²) in [6.45, 7) is 2.64. The molecule has 2 heterocycles. The van der Waals surface area contributed by atoms with Gasteiger partial charge in [-0.25, -0.2) is 0 Å². The molecule has 2 N–H and O–H groups in total. The third-order valence-electron chi connectivity index (χ3n) is 5.56. The van der Waals surface area contributed by atoms with E-state index in [0.717, 1.165) is 43.9 Å². The predicted molar refractivity (Wildman–Crippen MR) is 128 cm³/mol. The number of piperidine rings is 1. The average molecular weight is 469 g/mol. The summed E-state index contributed by atoms with van der Waals surface area (Å²) in [7, 11) is 0. The van der Waals surface area contributed by atoms with E-state index in [2.05, 4.69) is 20.5 Å². The Bertz CT molecular complexity index is 1040. The molecule has 8 heteroatoms. The van der Waals surface area contributed by atoms with E-state index in [0.29, 0.717) is 27.9 Å². The minimum Gasteiger partial charge on any atom is -0.355 e. The average Bonchev–Trinajstić information content (AvgIpc) is 2.82. The lowest BCUT2D eigenvalue weighted by Crippen LogP contribution is -2.44. The van der Waals surface area contributed by atoms with E-state index in [9.17, 15) is 13.6 Å². The number of pyridine rings is 1. The lowest BCUT2D eigenvalue weighted by Gasteiger charge is -2.32. The Morgan fingerprint density at radius 2 is 1.76 bits per heavy atom. The molecule has 3 aromatic rings. The minimum atomic E-state index is -2.45. The molecule has 1 amide bonds. The Labute approximate surface area is 196 Å². The van der Waals surface area contributed by atoms with Crippen molar-refractivity contribution in [2.24, 2.45) is 0 Å². The minimum absolute atomic E-state index is 0.119. The van der Waals surface area contributed by atoms with Crippen molar-refractivity contribution in [3.05, 3.63) is 84.2 Å². The summed E-state index contributed by atoms with van der Waals surface area (Å²) >= 11 is 0.509. The molecule has 0 bridgehead atoms. The second-order valence-electron chi connectivity index (χ2n) is 7.92. The van der Waals surface area contributed by atoms with Gasteiger partial charge < -0.3 is 10.6 Å². The maximum Gasteiger partial charge on any atom is 0.288 e. The first-order chi connectivity index (χ1) is 16.1. The first-order valence-electron chi connectivity index (χ1n) is 10.9. The maximum atomic E-state index is 13.0. The lowest BCUT2D eigenvalue weighted by molar-refractivity contribution is 0.0909. The molecule has 4 rings (SSSR count). The third-order valence-corrected chi connectivity index (χ3v) is 6.29. The number of anilines is 2. The molecule has 1 aromatic heterocycles. The molecule has 0 aliphatic carbocycles. The number of amides is 1. The first kappa shape index (κ1) is 23.2. The van der Waals surface area contributed by atoms with Crippen molar-refractivity contribution in [1.29, 1.82) is 0 Å². The van der Waals surface area contributed by atoms with Crippen LogP contribution in [0.4, 0.5) is 20.2 Å². The highest BCUT2D eigenvalue weighted by molar-refractivity contribution is 7.99. The molecule has 0 atom stereocenters. The van der Waals surface area contributed by atoms with Gasteiger partial charge in [-0.2, -0.15) is 8.78 Å². The van der Waals surface area contributed by atoms with E-state index in [1.165, 1.54) is 0 Å². The summed E-state index contributed by atoms with van der Waals surface area (Å²) in [5.41, 5.74) is 3.02. The highest BCUT2D eigenvalue weighted by Gasteiger charge is 2.22. The Morgan fingerprint density at radius 3 is 2.45 bits per heavy atom. The van der Waals surface area contributed by atoms with Gasteiger partial charge in [0, 0.05) is 42.5 Å². The van der Waals surface area contributed by atoms with Gasteiger partial charge >= 0.3 is 0 Å². The molecule has 1 fully saturated rings. The van der Waals surface area contributed by atoms with Crippen LogP contribution in [-0.4, -0.2) is 40.7 Å². The Kier molecular flexibility index (Phi) is 7.91. The van der Waals surface area contributed by atoms with Crippen LogP contribution in [0.5, 0.6) is 0 Å². The standard InChI is InChI=1S/C25H26F2N4OS/c26-25(27)33-21-10-8-18(9-11-21)29-23-7-2-1-6-22(23)24(32)30-19-12-15-31(16-13-19)17-20-5-3-4-14-28-20/h1-11,14,19,25,29H,12-13,15-17H2,(H,30,32). The fourth-order valence-corrected chi connectivity index (χ4v) is 4.38. The largest absolute Gasteiger partial charge is 0.355 e. The molecule has 0 spiro atoms. The number of likely N-dealkylation sites (tertiary alicyclic amines) is 1.